The van der Waals surface area contributed by atoms with Gasteiger partial charge in [0.15, 0.2) is 50.3 Å². The van der Waals surface area contributed by atoms with Crippen molar-refractivity contribution in [3.63, 3.8) is 0 Å². The largest absolute Gasteiger partial charge is 0.394 e. The van der Waals surface area contributed by atoms with Crippen molar-refractivity contribution in [3.8, 4) is 0 Å². The van der Waals surface area contributed by atoms with Gasteiger partial charge in [-0.15, -0.1) is 0 Å². The number of amides is 4. The molecule has 8 aliphatic rings. The number of nitrogens with one attached hydrogen (secondary N) is 4. The van der Waals surface area contributed by atoms with E-state index >= 15 is 0 Å². The molecule has 104 heavy (non-hydrogen) atoms. The summed E-state index contributed by atoms with van der Waals surface area (Å²) in [6, 6.07) is -6.56. The van der Waals surface area contributed by atoms with Crippen molar-refractivity contribution in [1.29, 1.82) is 0 Å². The Morgan fingerprint density at radius 2 is 0.683 bits per heavy atom. The third-order valence-electron chi connectivity index (χ3n) is 18.8. The summed E-state index contributed by atoms with van der Waals surface area (Å²) in [5.74, 6) is -2.71. The number of hydrogen-bond acceptors (Lipinski definition) is 42. The number of rotatable bonds is 30. The molecule has 0 saturated carbocycles. The molecular formula is C58H98N4O42. The zero-order valence-corrected chi connectivity index (χ0v) is 56.1. The van der Waals surface area contributed by atoms with Gasteiger partial charge >= 0.3 is 0 Å². The fourth-order valence-electron chi connectivity index (χ4n) is 13.1. The van der Waals surface area contributed by atoms with E-state index in [9.17, 15) is 132 Å². The van der Waals surface area contributed by atoms with Crippen molar-refractivity contribution < 1.29 is 207 Å². The maximum absolute atomic E-state index is 13.0. The van der Waals surface area contributed by atoms with Gasteiger partial charge in [0.1, 0.15) is 189 Å². The van der Waals surface area contributed by atoms with E-state index in [0.29, 0.717) is 0 Å². The van der Waals surface area contributed by atoms with Crippen LogP contribution < -0.4 is 21.3 Å². The van der Waals surface area contributed by atoms with Crippen LogP contribution in [0.25, 0.3) is 0 Å². The van der Waals surface area contributed by atoms with Gasteiger partial charge in [-0.3, -0.25) is 19.2 Å². The van der Waals surface area contributed by atoms with Crippen LogP contribution in [0.3, 0.4) is 0 Å². The highest BCUT2D eigenvalue weighted by Gasteiger charge is 2.60. The molecule has 0 unspecified atom stereocenters. The third-order valence-corrected chi connectivity index (χ3v) is 18.8. The molecule has 8 heterocycles. The van der Waals surface area contributed by atoms with Gasteiger partial charge in [-0.2, -0.15) is 0 Å². The minimum Gasteiger partial charge on any atom is -0.394 e. The minimum absolute atomic E-state index is 0.257. The normalized spacial score (nSPS) is 47.6. The Hall–Kier alpha value is -3.64. The molecule has 8 fully saturated rings. The van der Waals surface area contributed by atoms with Crippen LogP contribution >= 0.6 is 0 Å². The molecule has 0 spiro atoms. The molecule has 26 N–H and O–H groups in total. The number of aliphatic hydroxyl groups is 22. The monoisotopic (exact) mass is 1520 g/mol. The molecule has 46 heteroatoms. The van der Waals surface area contributed by atoms with E-state index in [1.165, 1.54) is 6.92 Å². The SMILES string of the molecule is CC(=O)N[C@H]1[C@H](O[C@H]2[C@@H](O)[C@@H](CO)O[C@@H](O[C@H]3[C@H](O)[C@@H](O)[C@H](OC[C@@H](CO)NC=O)O[C@@H]3CO)[C@@H]2O)O[C@H](CO)[C@@H](O[C@@H]2O[C@H](CO[C@@H]3O[C@H](CO)[C@@H](O[C@@H]4O[C@H](CO)[C@H](O)[C@H](O)[C@H]4O[C@@H]4O[C@@H](C)[C@@H](O)[C@@H](O)[C@@H]4O)[C@H](O)[C@H]3NC(C)=O)[C@H](O)[C@H](O[C@H]3O[C@H](CO)[C@@H](O)[C@H](O)[C@H]3NC(C)=O)[C@H]2O)[C@@H]1O. The summed E-state index contributed by atoms with van der Waals surface area (Å²) in [6.07, 6.45) is -72.6. The van der Waals surface area contributed by atoms with Crippen molar-refractivity contribution >= 4 is 24.1 Å². The molecule has 602 valence electrons. The predicted molar refractivity (Wildman–Crippen MR) is 322 cm³/mol. The van der Waals surface area contributed by atoms with E-state index in [1.54, 1.807) is 0 Å². The van der Waals surface area contributed by atoms with E-state index in [1.807, 2.05) is 0 Å². The Morgan fingerprint density at radius 1 is 0.337 bits per heavy atom. The summed E-state index contributed by atoms with van der Waals surface area (Å²) in [6.45, 7) is -4.26. The molecule has 0 radical (unpaired) electrons. The van der Waals surface area contributed by atoms with Crippen LogP contribution in [0.5, 0.6) is 0 Å². The minimum atomic E-state index is -2.40. The lowest BCUT2D eigenvalue weighted by atomic mass is 9.94. The Kier molecular flexibility index (Phi) is 31.7. The van der Waals surface area contributed by atoms with Crippen molar-refractivity contribution in [3.05, 3.63) is 0 Å². The second-order valence-corrected chi connectivity index (χ2v) is 26.1. The quantitative estimate of drug-likeness (QED) is 0.0297. The van der Waals surface area contributed by atoms with Crippen LogP contribution in [0.1, 0.15) is 27.7 Å². The smallest absolute Gasteiger partial charge is 0.217 e. The molecule has 0 bridgehead atoms. The molecule has 4 amide bonds. The maximum Gasteiger partial charge on any atom is 0.217 e. The Bertz CT molecular complexity index is 2680. The number of carbonyl (C=O) groups is 4. The van der Waals surface area contributed by atoms with E-state index < -0.39 is 329 Å². The van der Waals surface area contributed by atoms with Crippen molar-refractivity contribution in [2.45, 2.75) is 279 Å². The van der Waals surface area contributed by atoms with Crippen LogP contribution in [-0.4, -0.2) is 447 Å². The van der Waals surface area contributed by atoms with Gasteiger partial charge in [0.2, 0.25) is 24.1 Å². The fourth-order valence-corrected chi connectivity index (χ4v) is 13.1. The van der Waals surface area contributed by atoms with Crippen molar-refractivity contribution in [2.75, 3.05) is 59.5 Å². The Balaban J connectivity index is 1.05. The van der Waals surface area contributed by atoms with Crippen LogP contribution in [-0.2, 0) is 95.0 Å². The molecule has 46 nitrogen and oxygen atoms in total. The summed E-state index contributed by atoms with van der Waals surface area (Å²) in [5, 5.41) is 252. The number of aliphatic hydroxyl groups excluding tert-OH is 22. The summed E-state index contributed by atoms with van der Waals surface area (Å²) in [4.78, 5) is 49.4. The van der Waals surface area contributed by atoms with Gasteiger partial charge < -0.3 is 209 Å². The van der Waals surface area contributed by atoms with Gasteiger partial charge in [0, 0.05) is 20.8 Å². The first kappa shape index (κ1) is 86.0. The fraction of sp³-hybridized carbons (Fsp3) is 0.931. The second kappa shape index (κ2) is 38.3. The topological polar surface area (TPSA) is 709 Å². The Morgan fingerprint density at radius 3 is 1.16 bits per heavy atom. The predicted octanol–water partition coefficient (Wildman–Crippen LogP) is -17.9. The molecule has 8 rings (SSSR count). The lowest BCUT2D eigenvalue weighted by Crippen LogP contribution is -2.70. The van der Waals surface area contributed by atoms with Crippen LogP contribution in [0.4, 0.5) is 0 Å². The van der Waals surface area contributed by atoms with E-state index in [4.69, 9.17) is 75.8 Å². The zero-order valence-electron chi connectivity index (χ0n) is 56.1. The van der Waals surface area contributed by atoms with E-state index in [2.05, 4.69) is 21.3 Å². The lowest BCUT2D eigenvalue weighted by molar-refractivity contribution is -0.389. The standard InChI is InChI=1S/C58H98N4O42/c1-15-30(74)38(82)41(85)55(91-15)104-50-39(83)32(76)21(7-65)94-58(50)101-46-23(9-67)95-51(28(36(46)80)61-17(3)72)90-13-26-34(78)49(103-52-27(60-16(2)71)35(79)31(75)20(6-64)92-52)44(88)57(98-26)99-45-24(10-68)96-53(29(37(45)81)62-18(4)73)102-48-33(77)22(8-66)93-56(43(48)87)100-47-25(11-69)97-54(42(86)40(47)84)89-12-19(5-63)59-14-70/h14-15,19-58,63-69,74-88H,5-13H2,1-4H3,(H,59,70)(H,60,71)(H,61,72)(H,62,73)/t15-,19+,20+,21+,22+,23+,24+,25+,26+,27+,28+,29+,30+,31+,32-,33-,34-,35+,36+,37+,38+,39-,40+,41-,42+,43+,44+,45+,46+,47+,48-,49-,50+,51+,52+,53-,54+,55-,56-,57-,58-/m0/s1. The first-order chi connectivity index (χ1) is 49.3. The van der Waals surface area contributed by atoms with Crippen LogP contribution in [0.15, 0.2) is 0 Å². The number of hydrogen-bond donors (Lipinski definition) is 26. The first-order valence-electron chi connectivity index (χ1n) is 33.2. The van der Waals surface area contributed by atoms with Gasteiger partial charge in [-0.25, -0.2) is 0 Å². The first-order valence-corrected chi connectivity index (χ1v) is 33.2. The number of ether oxygens (including phenoxy) is 16. The zero-order chi connectivity index (χ0) is 76.6. The average molecular weight is 1520 g/mol. The summed E-state index contributed by atoms with van der Waals surface area (Å²) in [5.41, 5.74) is 0. The molecule has 8 saturated heterocycles. The highest BCUT2D eigenvalue weighted by Crippen LogP contribution is 2.39. The highest BCUT2D eigenvalue weighted by molar-refractivity contribution is 5.74. The molecule has 0 aromatic rings. The van der Waals surface area contributed by atoms with Crippen molar-refractivity contribution in [1.82, 2.24) is 21.3 Å². The number of carbonyl (C=O) groups excluding carboxylic acids is 4. The Labute approximate surface area is 590 Å². The highest BCUT2D eigenvalue weighted by atomic mass is 16.8. The third kappa shape index (κ3) is 19.4. The van der Waals surface area contributed by atoms with Gasteiger partial charge in [0.25, 0.3) is 0 Å². The molecule has 0 aromatic carbocycles. The summed E-state index contributed by atoms with van der Waals surface area (Å²) in [7, 11) is 0. The average Bonchev–Trinajstić information content (AvgIpc) is 0.775. The van der Waals surface area contributed by atoms with E-state index in [-0.39, 0.29) is 6.41 Å². The molecule has 0 aliphatic carbocycles. The second-order valence-electron chi connectivity index (χ2n) is 26.1. The van der Waals surface area contributed by atoms with Crippen LogP contribution in [0.2, 0.25) is 0 Å². The molecule has 41 atom stereocenters. The van der Waals surface area contributed by atoms with Crippen LogP contribution in [0, 0.1) is 0 Å². The van der Waals surface area contributed by atoms with Crippen molar-refractivity contribution in [2.24, 2.45) is 0 Å². The molecule has 0 aromatic heterocycles. The van der Waals surface area contributed by atoms with E-state index in [0.717, 1.165) is 20.8 Å². The maximum atomic E-state index is 13.0. The lowest BCUT2D eigenvalue weighted by Gasteiger charge is -2.51. The van der Waals surface area contributed by atoms with Gasteiger partial charge in [0.05, 0.1) is 71.6 Å². The summed E-state index contributed by atoms with van der Waals surface area (Å²) < 4.78 is 93.8. The summed E-state index contributed by atoms with van der Waals surface area (Å²) >= 11 is 0. The molecule has 8 aliphatic heterocycles. The van der Waals surface area contributed by atoms with Gasteiger partial charge in [-0.05, 0) is 6.92 Å². The van der Waals surface area contributed by atoms with Gasteiger partial charge in [-0.1, -0.05) is 0 Å². The molecular weight excluding hydrogens is 1420 g/mol.